The van der Waals surface area contributed by atoms with Gasteiger partial charge in [0, 0.05) is 12.1 Å². The summed E-state index contributed by atoms with van der Waals surface area (Å²) in [7, 11) is -3.84. The van der Waals surface area contributed by atoms with Crippen molar-refractivity contribution in [2.75, 3.05) is 0 Å². The summed E-state index contributed by atoms with van der Waals surface area (Å²) in [5.74, 6) is 3.12. The maximum atomic E-state index is 11.7. The van der Waals surface area contributed by atoms with E-state index in [1.54, 1.807) is 24.3 Å². The minimum absolute atomic E-state index is 0.368. The van der Waals surface area contributed by atoms with E-state index < -0.39 is 7.60 Å². The van der Waals surface area contributed by atoms with E-state index in [1.165, 1.54) is 25.7 Å². The third-order valence-electron chi connectivity index (χ3n) is 2.85. The van der Waals surface area contributed by atoms with Gasteiger partial charge < -0.3 is 9.42 Å². The molecule has 110 valence electrons. The summed E-state index contributed by atoms with van der Waals surface area (Å²) in [6, 6.07) is 8.59. The van der Waals surface area contributed by atoms with Gasteiger partial charge in [-0.25, -0.2) is 4.57 Å². The molecule has 0 amide bonds. The monoisotopic (exact) mass is 294 g/mol. The van der Waals surface area contributed by atoms with E-state index in [4.69, 9.17) is 4.52 Å². The molecule has 0 aliphatic carbocycles. The van der Waals surface area contributed by atoms with Crippen molar-refractivity contribution < 1.29 is 14.0 Å². The molecule has 0 radical (unpaired) electrons. The summed E-state index contributed by atoms with van der Waals surface area (Å²) >= 11 is 0. The summed E-state index contributed by atoms with van der Waals surface area (Å²) in [6.07, 6.45) is 7.75. The summed E-state index contributed by atoms with van der Waals surface area (Å²) in [5, 5.41) is 0. The molecule has 0 aliphatic rings. The number of benzene rings is 1. The predicted octanol–water partition coefficient (Wildman–Crippen LogP) is 4.96. The Balaban J connectivity index is 2.25. The highest BCUT2D eigenvalue weighted by molar-refractivity contribution is 7.58. The molecule has 1 N–H and O–H groups in total. The highest BCUT2D eigenvalue weighted by atomic mass is 31.2. The van der Waals surface area contributed by atoms with Crippen molar-refractivity contribution >= 4 is 7.60 Å². The Labute approximate surface area is 121 Å². The Morgan fingerprint density at radius 3 is 2.45 bits per heavy atom. The number of unbranched alkanes of at least 4 members (excludes halogenated alkanes) is 6. The van der Waals surface area contributed by atoms with Crippen LogP contribution >= 0.6 is 7.60 Å². The number of rotatable bonds is 8. The van der Waals surface area contributed by atoms with E-state index in [2.05, 4.69) is 18.5 Å². The molecule has 1 atom stereocenters. The van der Waals surface area contributed by atoms with Crippen LogP contribution in [0.5, 0.6) is 5.75 Å². The van der Waals surface area contributed by atoms with Crippen LogP contribution in [-0.4, -0.2) is 4.89 Å². The van der Waals surface area contributed by atoms with Crippen molar-refractivity contribution in [2.45, 2.75) is 51.9 Å². The lowest BCUT2D eigenvalue weighted by atomic mass is 10.1. The average Bonchev–Trinajstić information content (AvgIpc) is 2.42. The molecule has 0 saturated heterocycles. The first-order chi connectivity index (χ1) is 9.64. The minimum atomic E-state index is -3.84. The molecule has 0 spiro atoms. The molecule has 0 bridgehead atoms. The number of para-hydroxylation sites is 1. The van der Waals surface area contributed by atoms with Crippen molar-refractivity contribution in [3.8, 4) is 17.3 Å². The molecule has 20 heavy (non-hydrogen) atoms. The lowest BCUT2D eigenvalue weighted by Gasteiger charge is -2.06. The van der Waals surface area contributed by atoms with Crippen LogP contribution in [0, 0.1) is 11.6 Å². The molecule has 4 heteroatoms. The van der Waals surface area contributed by atoms with Gasteiger partial charge in [-0.05, 0) is 18.6 Å². The highest BCUT2D eigenvalue weighted by Crippen LogP contribution is 2.41. The second-order valence-corrected chi connectivity index (χ2v) is 6.18. The first-order valence-corrected chi connectivity index (χ1v) is 8.79. The van der Waals surface area contributed by atoms with Gasteiger partial charge in [0.1, 0.15) is 5.75 Å². The van der Waals surface area contributed by atoms with Crippen LogP contribution in [-0.2, 0) is 4.57 Å². The SMILES string of the molecule is CCCCCCCCC#CP(=O)(O)Oc1ccccc1. The first-order valence-electron chi connectivity index (χ1n) is 7.21. The topological polar surface area (TPSA) is 46.5 Å². The Morgan fingerprint density at radius 1 is 1.10 bits per heavy atom. The number of hydrogen-bond acceptors (Lipinski definition) is 2. The smallest absolute Gasteiger partial charge is 0.416 e. The van der Waals surface area contributed by atoms with E-state index in [0.717, 1.165) is 12.8 Å². The summed E-state index contributed by atoms with van der Waals surface area (Å²) < 4.78 is 16.7. The predicted molar refractivity (Wildman–Crippen MR) is 82.7 cm³/mol. The number of hydrogen-bond donors (Lipinski definition) is 1. The van der Waals surface area contributed by atoms with Gasteiger partial charge in [0.25, 0.3) is 0 Å². The van der Waals surface area contributed by atoms with Gasteiger partial charge in [0.05, 0.1) is 0 Å². The Bertz CT molecular complexity index is 473. The average molecular weight is 294 g/mol. The summed E-state index contributed by atoms with van der Waals surface area (Å²) in [4.78, 5) is 9.60. The van der Waals surface area contributed by atoms with Gasteiger partial charge in [-0.3, -0.25) is 0 Å². The molecule has 0 saturated carbocycles. The molecule has 1 aromatic rings. The molecule has 0 fully saturated rings. The first kappa shape index (κ1) is 16.8. The zero-order valence-corrected chi connectivity index (χ0v) is 12.9. The van der Waals surface area contributed by atoms with Crippen LogP contribution in [0.15, 0.2) is 30.3 Å². The van der Waals surface area contributed by atoms with Crippen molar-refractivity contribution in [1.29, 1.82) is 0 Å². The minimum Gasteiger partial charge on any atom is -0.416 e. The Kier molecular flexibility index (Phi) is 8.11. The van der Waals surface area contributed by atoms with Gasteiger partial charge in [-0.15, -0.1) is 0 Å². The van der Waals surface area contributed by atoms with Crippen molar-refractivity contribution in [1.82, 2.24) is 0 Å². The van der Waals surface area contributed by atoms with E-state index in [0.29, 0.717) is 12.2 Å². The van der Waals surface area contributed by atoms with Crippen molar-refractivity contribution in [3.05, 3.63) is 30.3 Å². The Hall–Kier alpha value is -1.23. The summed E-state index contributed by atoms with van der Waals surface area (Å²) in [5.41, 5.74) is 2.35. The highest BCUT2D eigenvalue weighted by Gasteiger charge is 2.16. The fourth-order valence-corrected chi connectivity index (χ4v) is 2.56. The van der Waals surface area contributed by atoms with Crippen LogP contribution in [0.25, 0.3) is 0 Å². The molecule has 3 nitrogen and oxygen atoms in total. The van der Waals surface area contributed by atoms with Crippen molar-refractivity contribution in [3.63, 3.8) is 0 Å². The zero-order chi connectivity index (χ0) is 14.7. The third-order valence-corrected chi connectivity index (χ3v) is 3.75. The van der Waals surface area contributed by atoms with Crippen molar-refractivity contribution in [2.24, 2.45) is 0 Å². The van der Waals surface area contributed by atoms with E-state index in [-0.39, 0.29) is 0 Å². The van der Waals surface area contributed by atoms with Crippen LogP contribution in [0.3, 0.4) is 0 Å². The van der Waals surface area contributed by atoms with Crippen LogP contribution in [0.1, 0.15) is 51.9 Å². The lowest BCUT2D eigenvalue weighted by Crippen LogP contribution is -1.88. The maximum absolute atomic E-state index is 11.7. The molecule has 1 rings (SSSR count). The third kappa shape index (κ3) is 8.04. The largest absolute Gasteiger partial charge is 0.454 e. The zero-order valence-electron chi connectivity index (χ0n) is 12.0. The fourth-order valence-electron chi connectivity index (χ4n) is 1.80. The lowest BCUT2D eigenvalue weighted by molar-refractivity contribution is 0.394. The fraction of sp³-hybridized carbons (Fsp3) is 0.500. The molecule has 0 aliphatic heterocycles. The quantitative estimate of drug-likeness (QED) is 0.418. The van der Waals surface area contributed by atoms with Gasteiger partial charge in [-0.1, -0.05) is 63.1 Å². The van der Waals surface area contributed by atoms with E-state index in [9.17, 15) is 9.46 Å². The van der Waals surface area contributed by atoms with Gasteiger partial charge >= 0.3 is 7.60 Å². The molecular weight excluding hydrogens is 271 g/mol. The molecular formula is C16H23O3P. The second kappa shape index (κ2) is 9.64. The van der Waals surface area contributed by atoms with E-state index >= 15 is 0 Å². The molecule has 1 unspecified atom stereocenters. The molecule has 0 heterocycles. The van der Waals surface area contributed by atoms with E-state index in [1.807, 2.05) is 6.07 Å². The maximum Gasteiger partial charge on any atom is 0.454 e. The van der Waals surface area contributed by atoms with Crippen LogP contribution in [0.2, 0.25) is 0 Å². The second-order valence-electron chi connectivity index (χ2n) is 4.73. The molecule has 1 aromatic carbocycles. The van der Waals surface area contributed by atoms with Gasteiger partial charge in [0.15, 0.2) is 0 Å². The van der Waals surface area contributed by atoms with Gasteiger partial charge in [-0.2, -0.15) is 0 Å². The Morgan fingerprint density at radius 2 is 1.75 bits per heavy atom. The standard InChI is InChI=1S/C16H23O3P/c1-2-3-4-5-6-7-8-12-15-20(17,18)19-16-13-10-9-11-14-16/h9-11,13-14H,2-8H2,1H3,(H,17,18). The van der Waals surface area contributed by atoms with Gasteiger partial charge in [0.2, 0.25) is 0 Å². The molecule has 0 aromatic heterocycles. The van der Waals surface area contributed by atoms with Crippen LogP contribution in [0.4, 0.5) is 0 Å². The normalized spacial score (nSPS) is 13.1. The summed E-state index contributed by atoms with van der Waals surface area (Å²) in [6.45, 7) is 2.19. The van der Waals surface area contributed by atoms with Crippen LogP contribution < -0.4 is 4.52 Å².